The van der Waals surface area contributed by atoms with Crippen LogP contribution in [0.2, 0.25) is 0 Å². The zero-order valence-electron chi connectivity index (χ0n) is 23.0. The van der Waals surface area contributed by atoms with Gasteiger partial charge in [0.15, 0.2) is 23.2 Å². The van der Waals surface area contributed by atoms with Crippen LogP contribution >= 0.6 is 0 Å². The number of aromatic nitrogens is 2. The van der Waals surface area contributed by atoms with E-state index in [0.717, 1.165) is 30.7 Å². The lowest BCUT2D eigenvalue weighted by molar-refractivity contribution is -0.192. The number of hydrogen-bond donors (Lipinski definition) is 2. The van der Waals surface area contributed by atoms with Gasteiger partial charge in [0, 0.05) is 50.9 Å². The van der Waals surface area contributed by atoms with Crippen LogP contribution in [0.1, 0.15) is 50.0 Å². The van der Waals surface area contributed by atoms with Gasteiger partial charge in [-0.3, -0.25) is 4.79 Å². The van der Waals surface area contributed by atoms with Crippen LogP contribution in [-0.4, -0.2) is 76.7 Å². The average Bonchev–Trinajstić information content (AvgIpc) is 3.79. The molecule has 1 aliphatic carbocycles. The fourth-order valence-corrected chi connectivity index (χ4v) is 4.87. The maximum Gasteiger partial charge on any atom is 0.490 e. The van der Waals surface area contributed by atoms with Crippen LogP contribution in [0.25, 0.3) is 0 Å². The molecule has 9 nitrogen and oxygen atoms in total. The molecule has 1 amide bonds. The number of carbonyl (C=O) groups is 2. The number of nitrogens with one attached hydrogen (secondary N) is 1. The highest BCUT2D eigenvalue weighted by atomic mass is 19.4. The summed E-state index contributed by atoms with van der Waals surface area (Å²) >= 11 is 0. The first kappa shape index (κ1) is 32.1. The Balaban J connectivity index is 0.000000541. The Morgan fingerprint density at radius 3 is 2.30 bits per heavy atom. The van der Waals surface area contributed by atoms with E-state index in [2.05, 4.69) is 5.32 Å². The molecule has 1 atom stereocenters. The van der Waals surface area contributed by atoms with Crippen molar-refractivity contribution in [1.82, 2.24) is 14.9 Å². The molecule has 2 aliphatic heterocycles. The standard InChI is InChI=1S/C25H29F4N5O2.C2HF3O2/c1-14-22-19(8-11-34(14)25(35)15-2-3-15)31-24(23(32-22)30-13-21(28)29)33-9-6-17(7-10-33)36-20-5-4-16(26)12-18(20)27;3-2(4,5)1(6)7/h4-5,12,14-15,17,21H,2-3,6-11,13H2,1H3,(H,30,32);(H,6,7). The highest BCUT2D eigenvalue weighted by Crippen LogP contribution is 2.38. The van der Waals surface area contributed by atoms with E-state index in [9.17, 15) is 35.5 Å². The molecule has 16 heteroatoms. The number of carbonyl (C=O) groups excluding carboxylic acids is 1. The summed E-state index contributed by atoms with van der Waals surface area (Å²) in [5.41, 5.74) is 1.41. The van der Waals surface area contributed by atoms with E-state index in [1.165, 1.54) is 6.07 Å². The van der Waals surface area contributed by atoms with Crippen molar-refractivity contribution in [3.63, 3.8) is 0 Å². The van der Waals surface area contributed by atoms with E-state index < -0.39 is 36.8 Å². The van der Waals surface area contributed by atoms with Crippen LogP contribution in [0.3, 0.4) is 0 Å². The van der Waals surface area contributed by atoms with Crippen molar-refractivity contribution in [2.24, 2.45) is 5.92 Å². The molecule has 1 unspecified atom stereocenters. The number of benzene rings is 1. The highest BCUT2D eigenvalue weighted by Gasteiger charge is 2.39. The van der Waals surface area contributed by atoms with Gasteiger partial charge in [-0.1, -0.05) is 0 Å². The summed E-state index contributed by atoms with van der Waals surface area (Å²) in [7, 11) is 0. The molecule has 1 saturated heterocycles. The van der Waals surface area contributed by atoms with Crippen LogP contribution in [0, 0.1) is 17.6 Å². The van der Waals surface area contributed by atoms with E-state index >= 15 is 0 Å². The second kappa shape index (κ2) is 13.2. The lowest BCUT2D eigenvalue weighted by Crippen LogP contribution is -2.42. The van der Waals surface area contributed by atoms with Gasteiger partial charge < -0.3 is 25.0 Å². The summed E-state index contributed by atoms with van der Waals surface area (Å²) < 4.78 is 90.7. The monoisotopic (exact) mass is 621 g/mol. The predicted molar refractivity (Wildman–Crippen MR) is 139 cm³/mol. The Hall–Kier alpha value is -3.85. The molecule has 5 rings (SSSR count). The summed E-state index contributed by atoms with van der Waals surface area (Å²) in [5.74, 6) is -3.20. The van der Waals surface area contributed by atoms with E-state index in [4.69, 9.17) is 24.6 Å². The molecule has 2 fully saturated rings. The van der Waals surface area contributed by atoms with E-state index in [-0.39, 0.29) is 35.5 Å². The van der Waals surface area contributed by atoms with E-state index in [1.807, 2.05) is 16.7 Å². The summed E-state index contributed by atoms with van der Waals surface area (Å²) in [6.45, 7) is 2.91. The fraction of sp³-hybridized carbons (Fsp3) is 0.556. The maximum absolute atomic E-state index is 14.0. The van der Waals surface area contributed by atoms with Crippen LogP contribution in [0.4, 0.5) is 42.4 Å². The third-order valence-corrected chi connectivity index (χ3v) is 7.24. The molecule has 0 spiro atoms. The second-order valence-corrected chi connectivity index (χ2v) is 10.4. The zero-order chi connectivity index (χ0) is 31.5. The average molecular weight is 622 g/mol. The molecule has 3 heterocycles. The lowest BCUT2D eigenvalue weighted by Gasteiger charge is -2.37. The zero-order valence-corrected chi connectivity index (χ0v) is 23.0. The van der Waals surface area contributed by atoms with E-state index in [0.29, 0.717) is 50.4 Å². The third-order valence-electron chi connectivity index (χ3n) is 7.24. The molecule has 1 saturated carbocycles. The number of fused-ring (bicyclic) bond motifs is 1. The molecular weight excluding hydrogens is 591 g/mol. The summed E-state index contributed by atoms with van der Waals surface area (Å²) in [5, 5.41) is 9.86. The first-order chi connectivity index (χ1) is 20.2. The minimum Gasteiger partial charge on any atom is -0.487 e. The molecule has 43 heavy (non-hydrogen) atoms. The van der Waals surface area contributed by atoms with Gasteiger partial charge in [-0.2, -0.15) is 13.2 Å². The molecule has 0 bridgehead atoms. The van der Waals surface area contributed by atoms with Crippen molar-refractivity contribution in [3.05, 3.63) is 41.2 Å². The van der Waals surface area contributed by atoms with Gasteiger partial charge in [0.05, 0.1) is 24.0 Å². The SMILES string of the molecule is CC1c2nc(NCC(F)F)c(N3CCC(Oc4ccc(F)cc4F)CC3)nc2CCN1C(=O)C1CC1.O=C(O)C(F)(F)F. The first-order valence-electron chi connectivity index (χ1n) is 13.6. The number of halogens is 7. The predicted octanol–water partition coefficient (Wildman–Crippen LogP) is 4.97. The Kier molecular flexibility index (Phi) is 9.85. The van der Waals surface area contributed by atoms with E-state index in [1.54, 1.807) is 0 Å². The van der Waals surface area contributed by atoms with Crippen LogP contribution in [0.5, 0.6) is 5.75 Å². The van der Waals surface area contributed by atoms with Gasteiger partial charge in [-0.15, -0.1) is 0 Å². The van der Waals surface area contributed by atoms with Gasteiger partial charge in [-0.05, 0) is 31.9 Å². The fourth-order valence-electron chi connectivity index (χ4n) is 4.87. The second-order valence-electron chi connectivity index (χ2n) is 10.4. The van der Waals surface area contributed by atoms with Crippen molar-refractivity contribution in [3.8, 4) is 5.75 Å². The summed E-state index contributed by atoms with van der Waals surface area (Å²) in [6, 6.07) is 2.93. The van der Waals surface area contributed by atoms with Gasteiger partial charge >= 0.3 is 12.1 Å². The Bertz CT molecular complexity index is 1320. The van der Waals surface area contributed by atoms with Gasteiger partial charge in [0.2, 0.25) is 5.91 Å². The largest absolute Gasteiger partial charge is 0.490 e. The molecule has 2 aromatic rings. The quantitative estimate of drug-likeness (QED) is 0.418. The lowest BCUT2D eigenvalue weighted by atomic mass is 10.0. The number of hydrogen-bond acceptors (Lipinski definition) is 7. The summed E-state index contributed by atoms with van der Waals surface area (Å²) in [6.07, 6.45) is -4.45. The van der Waals surface area contributed by atoms with Crippen LogP contribution in [0.15, 0.2) is 18.2 Å². The minimum atomic E-state index is -5.08. The Labute approximate surface area is 242 Å². The minimum absolute atomic E-state index is 0.00185. The number of carboxylic acids is 1. The van der Waals surface area contributed by atoms with Crippen molar-refractivity contribution in [1.29, 1.82) is 0 Å². The van der Waals surface area contributed by atoms with Crippen molar-refractivity contribution >= 4 is 23.5 Å². The number of amides is 1. The molecule has 236 valence electrons. The van der Waals surface area contributed by atoms with Crippen LogP contribution in [-0.2, 0) is 16.0 Å². The smallest absolute Gasteiger partial charge is 0.487 e. The number of aliphatic carboxylic acids is 1. The maximum atomic E-state index is 14.0. The molecular formula is C27H30F7N5O4. The Morgan fingerprint density at radius 2 is 1.74 bits per heavy atom. The van der Waals surface area contributed by atoms with Gasteiger partial charge in [0.1, 0.15) is 11.9 Å². The molecule has 3 aliphatic rings. The molecule has 2 N–H and O–H groups in total. The number of nitrogens with zero attached hydrogens (tertiary/aromatic N) is 4. The van der Waals surface area contributed by atoms with Gasteiger partial charge in [0.25, 0.3) is 6.43 Å². The first-order valence-corrected chi connectivity index (χ1v) is 13.6. The number of rotatable bonds is 7. The summed E-state index contributed by atoms with van der Waals surface area (Å²) in [4.78, 5) is 34.9. The van der Waals surface area contributed by atoms with Crippen molar-refractivity contribution < 1.29 is 50.2 Å². The normalized spacial score (nSPS) is 19.0. The number of ether oxygens (including phenoxy) is 1. The number of piperidine rings is 1. The number of anilines is 2. The highest BCUT2D eigenvalue weighted by molar-refractivity contribution is 5.81. The van der Waals surface area contributed by atoms with Crippen molar-refractivity contribution in [2.45, 2.75) is 63.8 Å². The Morgan fingerprint density at radius 1 is 1.09 bits per heavy atom. The molecule has 1 aromatic heterocycles. The van der Waals surface area contributed by atoms with Crippen LogP contribution < -0.4 is 15.0 Å². The number of carboxylic acid groups (broad SMARTS) is 1. The topological polar surface area (TPSA) is 108 Å². The third kappa shape index (κ3) is 8.16. The van der Waals surface area contributed by atoms with Crippen molar-refractivity contribution in [2.75, 3.05) is 36.4 Å². The molecule has 1 aromatic carbocycles. The molecule has 0 radical (unpaired) electrons. The number of alkyl halides is 5. The van der Waals surface area contributed by atoms with Gasteiger partial charge in [-0.25, -0.2) is 32.3 Å².